The number of phenols is 1. The van der Waals surface area contributed by atoms with E-state index in [2.05, 4.69) is 5.32 Å². The molecule has 0 aliphatic carbocycles. The highest BCUT2D eigenvalue weighted by atomic mass is 16.3. The first-order valence-corrected chi connectivity index (χ1v) is 5.98. The number of rotatable bonds is 4. The van der Waals surface area contributed by atoms with E-state index in [1.807, 2.05) is 0 Å². The molecule has 2 aromatic carbocycles. The molecule has 0 heterocycles. The Kier molecular flexibility index (Phi) is 3.70. The second kappa shape index (κ2) is 5.44. The molecule has 1 amide bonds. The fraction of sp³-hybridized carbons (Fsp3) is 0.0667. The van der Waals surface area contributed by atoms with Gasteiger partial charge in [-0.2, -0.15) is 0 Å². The molecule has 4 N–H and O–H groups in total. The van der Waals surface area contributed by atoms with Crippen molar-refractivity contribution in [2.75, 3.05) is 5.32 Å². The topological polar surface area (TPSA) is 92.4 Å². The van der Waals surface area contributed by atoms with Crippen LogP contribution in [-0.4, -0.2) is 16.8 Å². The predicted molar refractivity (Wildman–Crippen MR) is 76.4 cm³/mol. The van der Waals surface area contributed by atoms with Crippen LogP contribution < -0.4 is 11.1 Å². The summed E-state index contributed by atoms with van der Waals surface area (Å²) in [5, 5.41) is 12.3. The smallest absolute Gasteiger partial charge is 0.248 e. The molecule has 0 aromatic heterocycles. The fourth-order valence-corrected chi connectivity index (χ4v) is 1.81. The fourth-order valence-electron chi connectivity index (χ4n) is 1.81. The van der Waals surface area contributed by atoms with Crippen LogP contribution in [0.15, 0.2) is 42.5 Å². The number of carbonyl (C=O) groups excluding carboxylic acids is 2. The number of amides is 1. The first kappa shape index (κ1) is 13.6. The van der Waals surface area contributed by atoms with E-state index in [0.29, 0.717) is 22.5 Å². The van der Waals surface area contributed by atoms with Crippen LogP contribution in [0.3, 0.4) is 0 Å². The summed E-state index contributed by atoms with van der Waals surface area (Å²) in [6.07, 6.45) is 0. The van der Waals surface area contributed by atoms with Crippen LogP contribution in [0.2, 0.25) is 0 Å². The van der Waals surface area contributed by atoms with Gasteiger partial charge in [0.1, 0.15) is 5.75 Å². The van der Waals surface area contributed by atoms with Crippen molar-refractivity contribution >= 4 is 23.1 Å². The van der Waals surface area contributed by atoms with Crippen LogP contribution >= 0.6 is 0 Å². The second-order valence-electron chi connectivity index (χ2n) is 4.35. The van der Waals surface area contributed by atoms with Crippen LogP contribution in [0.5, 0.6) is 5.75 Å². The largest absolute Gasteiger partial charge is 0.508 e. The third kappa shape index (κ3) is 2.95. The van der Waals surface area contributed by atoms with Crippen molar-refractivity contribution in [3.05, 3.63) is 53.6 Å². The summed E-state index contributed by atoms with van der Waals surface area (Å²) in [5.41, 5.74) is 7.20. The minimum absolute atomic E-state index is 0.123. The van der Waals surface area contributed by atoms with Gasteiger partial charge >= 0.3 is 0 Å². The van der Waals surface area contributed by atoms with Gasteiger partial charge in [-0.15, -0.1) is 0 Å². The van der Waals surface area contributed by atoms with Crippen LogP contribution in [-0.2, 0) is 0 Å². The summed E-state index contributed by atoms with van der Waals surface area (Å²) in [6.45, 7) is 1.45. The molecule has 0 radical (unpaired) electrons. The van der Waals surface area contributed by atoms with Gasteiger partial charge in [0.25, 0.3) is 0 Å². The van der Waals surface area contributed by atoms with Crippen molar-refractivity contribution in [3.63, 3.8) is 0 Å². The first-order valence-electron chi connectivity index (χ1n) is 5.98. The zero-order chi connectivity index (χ0) is 14.7. The van der Waals surface area contributed by atoms with Gasteiger partial charge < -0.3 is 16.2 Å². The Morgan fingerprint density at radius 2 is 1.75 bits per heavy atom. The Labute approximate surface area is 116 Å². The number of nitrogens with one attached hydrogen (secondary N) is 1. The van der Waals surface area contributed by atoms with E-state index < -0.39 is 5.91 Å². The number of ketones is 1. The van der Waals surface area contributed by atoms with Crippen LogP contribution in [0.4, 0.5) is 11.4 Å². The van der Waals surface area contributed by atoms with Crippen molar-refractivity contribution < 1.29 is 14.7 Å². The molecule has 0 aliphatic heterocycles. The van der Waals surface area contributed by atoms with E-state index in [4.69, 9.17) is 5.73 Å². The number of phenolic OH excluding ortho intramolecular Hbond substituents is 1. The molecule has 0 saturated heterocycles. The van der Waals surface area contributed by atoms with Gasteiger partial charge in [-0.1, -0.05) is 0 Å². The normalized spacial score (nSPS) is 10.1. The first-order chi connectivity index (χ1) is 9.47. The number of nitrogens with two attached hydrogens (primary N) is 1. The lowest BCUT2D eigenvalue weighted by atomic mass is 10.1. The zero-order valence-electron chi connectivity index (χ0n) is 10.9. The van der Waals surface area contributed by atoms with Gasteiger partial charge in [0, 0.05) is 16.8 Å². The molecule has 5 heteroatoms. The van der Waals surface area contributed by atoms with E-state index in [9.17, 15) is 14.7 Å². The molecular formula is C15H14N2O3. The highest BCUT2D eigenvalue weighted by Crippen LogP contribution is 2.24. The Balaban J connectivity index is 2.41. The molecule has 0 bridgehead atoms. The maximum absolute atomic E-state index is 11.6. The second-order valence-corrected chi connectivity index (χ2v) is 4.35. The number of Topliss-reactive ketones (excluding diaryl/α,β-unsaturated/α-hetero) is 1. The lowest BCUT2D eigenvalue weighted by Gasteiger charge is -2.11. The molecule has 2 rings (SSSR count). The van der Waals surface area contributed by atoms with Gasteiger partial charge in [-0.3, -0.25) is 9.59 Å². The number of carbonyl (C=O) groups is 2. The summed E-state index contributed by atoms with van der Waals surface area (Å²) in [4.78, 5) is 22.8. The maximum Gasteiger partial charge on any atom is 0.248 e. The Morgan fingerprint density at radius 1 is 1.10 bits per heavy atom. The standard InChI is InChI=1S/C15H14N2O3/c1-9(18)13-7-2-10(15(16)20)8-14(13)17-11-3-5-12(19)6-4-11/h2-8,17,19H,1H3,(H2,16,20). The highest BCUT2D eigenvalue weighted by molar-refractivity contribution is 6.03. The maximum atomic E-state index is 11.6. The number of aromatic hydroxyl groups is 1. The molecular weight excluding hydrogens is 256 g/mol. The van der Waals surface area contributed by atoms with Crippen molar-refractivity contribution in [1.29, 1.82) is 0 Å². The van der Waals surface area contributed by atoms with E-state index >= 15 is 0 Å². The number of hydrogen-bond donors (Lipinski definition) is 3. The number of primary amides is 1. The quantitative estimate of drug-likeness (QED) is 0.587. The summed E-state index contributed by atoms with van der Waals surface area (Å²) in [6, 6.07) is 11.0. The third-order valence-corrected chi connectivity index (χ3v) is 2.83. The summed E-state index contributed by atoms with van der Waals surface area (Å²) in [5.74, 6) is -0.538. The highest BCUT2D eigenvalue weighted by Gasteiger charge is 2.11. The number of hydrogen-bond acceptors (Lipinski definition) is 4. The molecule has 2 aromatic rings. The summed E-state index contributed by atoms with van der Waals surface area (Å²) in [7, 11) is 0. The molecule has 102 valence electrons. The predicted octanol–water partition coefficient (Wildman–Crippen LogP) is 2.44. The molecule has 0 saturated carbocycles. The molecule has 0 atom stereocenters. The van der Waals surface area contributed by atoms with Crippen LogP contribution in [0, 0.1) is 0 Å². The van der Waals surface area contributed by atoms with Crippen LogP contribution in [0.1, 0.15) is 27.6 Å². The Hall–Kier alpha value is -2.82. The van der Waals surface area contributed by atoms with Crippen molar-refractivity contribution in [2.24, 2.45) is 5.73 Å². The van der Waals surface area contributed by atoms with Gasteiger partial charge in [0.05, 0.1) is 5.69 Å². The van der Waals surface area contributed by atoms with E-state index in [1.165, 1.54) is 31.2 Å². The van der Waals surface area contributed by atoms with E-state index in [0.717, 1.165) is 0 Å². The summed E-state index contributed by atoms with van der Waals surface area (Å²) >= 11 is 0. The SMILES string of the molecule is CC(=O)c1ccc(C(N)=O)cc1Nc1ccc(O)cc1. The van der Waals surface area contributed by atoms with E-state index in [-0.39, 0.29) is 11.5 Å². The van der Waals surface area contributed by atoms with Crippen LogP contribution in [0.25, 0.3) is 0 Å². The van der Waals surface area contributed by atoms with E-state index in [1.54, 1.807) is 18.2 Å². The molecule has 20 heavy (non-hydrogen) atoms. The van der Waals surface area contributed by atoms with Gasteiger partial charge in [-0.25, -0.2) is 0 Å². The van der Waals surface area contributed by atoms with Gasteiger partial charge in [0.2, 0.25) is 5.91 Å². The summed E-state index contributed by atoms with van der Waals surface area (Å²) < 4.78 is 0. The minimum atomic E-state index is -0.561. The lowest BCUT2D eigenvalue weighted by Crippen LogP contribution is -2.12. The zero-order valence-corrected chi connectivity index (χ0v) is 10.9. The molecule has 0 fully saturated rings. The average molecular weight is 270 g/mol. The van der Waals surface area contributed by atoms with Gasteiger partial charge in [-0.05, 0) is 49.4 Å². The lowest BCUT2D eigenvalue weighted by molar-refractivity contribution is 0.0993. The molecule has 0 unspecified atom stereocenters. The third-order valence-electron chi connectivity index (χ3n) is 2.83. The average Bonchev–Trinajstić information content (AvgIpc) is 2.41. The van der Waals surface area contributed by atoms with Crippen molar-refractivity contribution in [3.8, 4) is 5.75 Å². The van der Waals surface area contributed by atoms with Crippen molar-refractivity contribution in [2.45, 2.75) is 6.92 Å². The molecule has 0 spiro atoms. The monoisotopic (exact) mass is 270 g/mol. The Bertz CT molecular complexity index is 663. The number of benzene rings is 2. The van der Waals surface area contributed by atoms with Crippen molar-refractivity contribution in [1.82, 2.24) is 0 Å². The van der Waals surface area contributed by atoms with Gasteiger partial charge in [0.15, 0.2) is 5.78 Å². The Morgan fingerprint density at radius 3 is 2.30 bits per heavy atom. The number of anilines is 2. The molecule has 0 aliphatic rings. The molecule has 5 nitrogen and oxygen atoms in total. The minimum Gasteiger partial charge on any atom is -0.508 e.